The van der Waals surface area contributed by atoms with Crippen LogP contribution in [0.1, 0.15) is 17.3 Å². The lowest BCUT2D eigenvalue weighted by Crippen LogP contribution is -2.12. The van der Waals surface area contributed by atoms with Crippen molar-refractivity contribution in [3.05, 3.63) is 35.9 Å². The summed E-state index contributed by atoms with van der Waals surface area (Å²) in [6.45, 7) is 1.00. The molecule has 13 heavy (non-hydrogen) atoms. The van der Waals surface area contributed by atoms with Crippen molar-refractivity contribution >= 4 is 18.2 Å². The standard InChI is InChI=1S/C10H11FO.ClH/c1-8(7-11)10(12)9-5-3-2-4-6-9;/h2-6,8H,7H2,1H3;1H. The number of Topliss-reactive ketones (excluding diaryl/α,β-unsaturated/α-hetero) is 1. The van der Waals surface area contributed by atoms with E-state index in [1.807, 2.05) is 6.07 Å². The van der Waals surface area contributed by atoms with Gasteiger partial charge in [0, 0.05) is 11.5 Å². The second-order valence-corrected chi connectivity index (χ2v) is 2.79. The van der Waals surface area contributed by atoms with Crippen LogP contribution in [0, 0.1) is 5.92 Å². The van der Waals surface area contributed by atoms with E-state index in [-0.39, 0.29) is 18.2 Å². The summed E-state index contributed by atoms with van der Waals surface area (Å²) in [5.74, 6) is -0.648. The van der Waals surface area contributed by atoms with Crippen molar-refractivity contribution in [1.29, 1.82) is 0 Å². The number of hydrogen-bond acceptors (Lipinski definition) is 1. The first-order valence-electron chi connectivity index (χ1n) is 3.91. The Kier molecular flexibility index (Phi) is 5.31. The molecule has 0 bridgehead atoms. The van der Waals surface area contributed by atoms with Crippen molar-refractivity contribution in [1.82, 2.24) is 0 Å². The van der Waals surface area contributed by atoms with Gasteiger partial charge in [-0.25, -0.2) is 0 Å². The van der Waals surface area contributed by atoms with E-state index in [2.05, 4.69) is 0 Å². The molecule has 1 unspecified atom stereocenters. The summed E-state index contributed by atoms with van der Waals surface area (Å²) in [4.78, 5) is 11.3. The number of rotatable bonds is 3. The number of halogens is 2. The smallest absolute Gasteiger partial charge is 0.168 e. The van der Waals surface area contributed by atoms with Crippen molar-refractivity contribution in [3.63, 3.8) is 0 Å². The summed E-state index contributed by atoms with van der Waals surface area (Å²) < 4.78 is 12.1. The molecule has 0 spiro atoms. The highest BCUT2D eigenvalue weighted by Gasteiger charge is 2.13. The fraction of sp³-hybridized carbons (Fsp3) is 0.300. The van der Waals surface area contributed by atoms with Gasteiger partial charge >= 0.3 is 0 Å². The summed E-state index contributed by atoms with van der Waals surface area (Å²) in [6, 6.07) is 8.79. The van der Waals surface area contributed by atoms with E-state index >= 15 is 0 Å². The lowest BCUT2D eigenvalue weighted by atomic mass is 10.0. The monoisotopic (exact) mass is 202 g/mol. The fourth-order valence-electron chi connectivity index (χ4n) is 0.957. The minimum atomic E-state index is -0.590. The second-order valence-electron chi connectivity index (χ2n) is 2.79. The topological polar surface area (TPSA) is 17.1 Å². The molecule has 0 heterocycles. The maximum absolute atomic E-state index is 12.1. The summed E-state index contributed by atoms with van der Waals surface area (Å²) in [7, 11) is 0. The van der Waals surface area contributed by atoms with Gasteiger partial charge in [-0.3, -0.25) is 9.18 Å². The van der Waals surface area contributed by atoms with Gasteiger partial charge in [-0.2, -0.15) is 0 Å². The summed E-state index contributed by atoms with van der Waals surface area (Å²) in [6.07, 6.45) is 0. The van der Waals surface area contributed by atoms with Gasteiger partial charge in [0.25, 0.3) is 0 Å². The molecule has 0 aromatic heterocycles. The van der Waals surface area contributed by atoms with Crippen LogP contribution in [-0.2, 0) is 0 Å². The van der Waals surface area contributed by atoms with Gasteiger partial charge in [0.05, 0.1) is 6.67 Å². The molecule has 0 saturated carbocycles. The van der Waals surface area contributed by atoms with E-state index in [9.17, 15) is 9.18 Å². The van der Waals surface area contributed by atoms with Crippen molar-refractivity contribution in [3.8, 4) is 0 Å². The van der Waals surface area contributed by atoms with Crippen molar-refractivity contribution in [2.24, 2.45) is 5.92 Å². The van der Waals surface area contributed by atoms with Gasteiger partial charge in [0.15, 0.2) is 5.78 Å². The van der Waals surface area contributed by atoms with E-state index in [0.29, 0.717) is 5.56 Å². The highest BCUT2D eigenvalue weighted by molar-refractivity contribution is 5.97. The second kappa shape index (κ2) is 5.70. The molecule has 0 aliphatic carbocycles. The lowest BCUT2D eigenvalue weighted by Gasteiger charge is -2.04. The van der Waals surface area contributed by atoms with Crippen LogP contribution in [0.5, 0.6) is 0 Å². The molecule has 72 valence electrons. The van der Waals surface area contributed by atoms with Crippen molar-refractivity contribution in [2.45, 2.75) is 6.92 Å². The SMILES string of the molecule is CC(CF)C(=O)c1ccccc1.Cl. The molecule has 1 rings (SSSR count). The van der Waals surface area contributed by atoms with E-state index in [1.54, 1.807) is 31.2 Å². The van der Waals surface area contributed by atoms with Gasteiger partial charge < -0.3 is 0 Å². The lowest BCUT2D eigenvalue weighted by molar-refractivity contribution is 0.0912. The molecule has 1 atom stereocenters. The molecule has 1 nitrogen and oxygen atoms in total. The molecular formula is C10H12ClFO. The van der Waals surface area contributed by atoms with Crippen molar-refractivity contribution < 1.29 is 9.18 Å². The molecule has 1 aromatic carbocycles. The third kappa shape index (κ3) is 3.15. The summed E-state index contributed by atoms with van der Waals surface area (Å²) in [5, 5.41) is 0. The molecule has 0 radical (unpaired) electrons. The predicted octanol–water partition coefficient (Wildman–Crippen LogP) is 2.90. The van der Waals surface area contributed by atoms with Crippen LogP contribution < -0.4 is 0 Å². The Bertz CT molecular complexity index is 261. The minimum Gasteiger partial charge on any atom is -0.294 e. The average Bonchev–Trinajstić information content (AvgIpc) is 2.17. The van der Waals surface area contributed by atoms with E-state index in [1.165, 1.54) is 0 Å². The van der Waals surface area contributed by atoms with Crippen LogP contribution in [0.15, 0.2) is 30.3 Å². The zero-order valence-corrected chi connectivity index (χ0v) is 8.18. The van der Waals surface area contributed by atoms with Crippen LogP contribution in [0.25, 0.3) is 0 Å². The number of carbonyl (C=O) groups is 1. The van der Waals surface area contributed by atoms with E-state index < -0.39 is 12.6 Å². The maximum Gasteiger partial charge on any atom is 0.168 e. The highest BCUT2D eigenvalue weighted by Crippen LogP contribution is 2.08. The zero-order chi connectivity index (χ0) is 8.97. The Labute approximate surface area is 83.4 Å². The molecular weight excluding hydrogens is 191 g/mol. The largest absolute Gasteiger partial charge is 0.294 e. The summed E-state index contributed by atoms with van der Waals surface area (Å²) in [5.41, 5.74) is 0.586. The molecule has 0 aliphatic rings. The zero-order valence-electron chi connectivity index (χ0n) is 7.37. The Morgan fingerprint density at radius 2 is 1.92 bits per heavy atom. The van der Waals surface area contributed by atoms with Gasteiger partial charge in [-0.15, -0.1) is 12.4 Å². The number of carbonyl (C=O) groups excluding carboxylic acids is 1. The Morgan fingerprint density at radius 1 is 1.38 bits per heavy atom. The number of ketones is 1. The Balaban J connectivity index is 0.00000144. The molecule has 0 amide bonds. The van der Waals surface area contributed by atoms with Crippen LogP contribution in [-0.4, -0.2) is 12.5 Å². The number of hydrogen-bond donors (Lipinski definition) is 0. The molecule has 0 aliphatic heterocycles. The van der Waals surface area contributed by atoms with E-state index in [0.717, 1.165) is 0 Å². The van der Waals surface area contributed by atoms with Crippen LogP contribution in [0.3, 0.4) is 0 Å². The van der Waals surface area contributed by atoms with Crippen LogP contribution in [0.4, 0.5) is 4.39 Å². The summed E-state index contributed by atoms with van der Waals surface area (Å²) >= 11 is 0. The molecule has 0 saturated heterocycles. The Morgan fingerprint density at radius 3 is 2.38 bits per heavy atom. The van der Waals surface area contributed by atoms with Gasteiger partial charge in [0.2, 0.25) is 0 Å². The van der Waals surface area contributed by atoms with Crippen molar-refractivity contribution in [2.75, 3.05) is 6.67 Å². The van der Waals surface area contributed by atoms with Crippen LogP contribution >= 0.6 is 12.4 Å². The molecule has 1 aromatic rings. The van der Waals surface area contributed by atoms with Crippen LogP contribution in [0.2, 0.25) is 0 Å². The average molecular weight is 203 g/mol. The highest BCUT2D eigenvalue weighted by atomic mass is 35.5. The third-order valence-electron chi connectivity index (χ3n) is 1.74. The molecule has 0 N–H and O–H groups in total. The van der Waals surface area contributed by atoms with E-state index in [4.69, 9.17) is 0 Å². The van der Waals surface area contributed by atoms with Gasteiger partial charge in [-0.05, 0) is 0 Å². The van der Waals surface area contributed by atoms with Gasteiger partial charge in [0.1, 0.15) is 0 Å². The molecule has 0 fully saturated rings. The first kappa shape index (κ1) is 12.1. The number of benzene rings is 1. The first-order valence-corrected chi connectivity index (χ1v) is 3.91. The first-order chi connectivity index (χ1) is 5.75. The molecule has 3 heteroatoms. The Hall–Kier alpha value is -0.890. The maximum atomic E-state index is 12.1. The predicted molar refractivity (Wildman–Crippen MR) is 53.2 cm³/mol. The fourth-order valence-corrected chi connectivity index (χ4v) is 0.957. The normalized spacial score (nSPS) is 11.5. The third-order valence-corrected chi connectivity index (χ3v) is 1.74. The minimum absolute atomic E-state index is 0. The number of alkyl halides is 1. The van der Waals surface area contributed by atoms with Gasteiger partial charge in [-0.1, -0.05) is 37.3 Å². The quantitative estimate of drug-likeness (QED) is 0.689.